The zero-order valence-electron chi connectivity index (χ0n) is 11.5. The number of para-hydroxylation sites is 2. The molecule has 1 unspecified atom stereocenters. The predicted molar refractivity (Wildman–Crippen MR) is 82.6 cm³/mol. The molecule has 1 aromatic heterocycles. The van der Waals surface area contributed by atoms with Crippen molar-refractivity contribution in [1.29, 1.82) is 0 Å². The highest BCUT2D eigenvalue weighted by molar-refractivity contribution is 5.84. The molecule has 4 nitrogen and oxygen atoms in total. The second-order valence-corrected chi connectivity index (χ2v) is 4.88. The lowest BCUT2D eigenvalue weighted by Crippen LogP contribution is -2.17. The Morgan fingerprint density at radius 1 is 1.05 bits per heavy atom. The Labute approximate surface area is 121 Å². The van der Waals surface area contributed by atoms with Crippen LogP contribution in [0.25, 0.3) is 11.0 Å². The number of aromatic hydroxyl groups is 1. The van der Waals surface area contributed by atoms with Crippen LogP contribution in [-0.2, 0) is 0 Å². The van der Waals surface area contributed by atoms with Crippen molar-refractivity contribution >= 4 is 16.7 Å². The lowest BCUT2D eigenvalue weighted by atomic mass is 10.1. The Bertz CT molecular complexity index is 824. The molecule has 2 N–H and O–H groups in total. The molecule has 0 radical (unpaired) electrons. The number of hydrogen-bond acceptors (Lipinski definition) is 4. The van der Waals surface area contributed by atoms with Gasteiger partial charge in [-0.1, -0.05) is 30.3 Å². The summed E-state index contributed by atoms with van der Waals surface area (Å²) in [5.41, 5.74) is 0.965. The third-order valence-corrected chi connectivity index (χ3v) is 3.41. The molecule has 0 saturated heterocycles. The topological polar surface area (TPSA) is 62.5 Å². The van der Waals surface area contributed by atoms with Crippen molar-refractivity contribution < 1.29 is 9.52 Å². The second-order valence-electron chi connectivity index (χ2n) is 4.88. The molecule has 21 heavy (non-hydrogen) atoms. The van der Waals surface area contributed by atoms with Gasteiger partial charge in [0.15, 0.2) is 0 Å². The van der Waals surface area contributed by atoms with Gasteiger partial charge in [0.2, 0.25) is 0 Å². The Hall–Kier alpha value is -2.75. The fourth-order valence-corrected chi connectivity index (χ4v) is 2.39. The number of anilines is 1. The van der Waals surface area contributed by atoms with Crippen LogP contribution in [0.1, 0.15) is 18.5 Å². The molecule has 0 saturated carbocycles. The summed E-state index contributed by atoms with van der Waals surface area (Å²) in [6.45, 7) is 1.81. The minimum Gasteiger partial charge on any atom is -0.507 e. The molecule has 106 valence electrons. The minimum absolute atomic E-state index is 0.0298. The lowest BCUT2D eigenvalue weighted by molar-refractivity contribution is 0.452. The molecule has 1 heterocycles. The van der Waals surface area contributed by atoms with Gasteiger partial charge in [0.1, 0.15) is 16.9 Å². The van der Waals surface area contributed by atoms with Crippen molar-refractivity contribution in [1.82, 2.24) is 0 Å². The van der Waals surface area contributed by atoms with E-state index in [1.807, 2.05) is 37.3 Å². The first-order valence-corrected chi connectivity index (χ1v) is 6.73. The van der Waals surface area contributed by atoms with Gasteiger partial charge in [-0.3, -0.25) is 0 Å². The van der Waals surface area contributed by atoms with Gasteiger partial charge in [-0.15, -0.1) is 0 Å². The van der Waals surface area contributed by atoms with E-state index in [1.54, 1.807) is 24.3 Å². The summed E-state index contributed by atoms with van der Waals surface area (Å²) in [5.74, 6) is -0.0298. The maximum absolute atomic E-state index is 12.1. The SMILES string of the molecule is CC(Nc1ccccc1)c1c(O)c2ccccc2oc1=O. The molecule has 0 spiro atoms. The number of benzene rings is 2. The molecule has 0 bridgehead atoms. The highest BCUT2D eigenvalue weighted by atomic mass is 16.4. The van der Waals surface area contributed by atoms with Gasteiger partial charge in [0.25, 0.3) is 0 Å². The molecule has 0 aliphatic rings. The van der Waals surface area contributed by atoms with Crippen molar-refractivity contribution in [3.63, 3.8) is 0 Å². The van der Waals surface area contributed by atoms with Crippen molar-refractivity contribution in [3.05, 3.63) is 70.6 Å². The molecule has 3 rings (SSSR count). The third kappa shape index (κ3) is 2.48. The molecular formula is C17H15NO3. The molecule has 0 amide bonds. The Balaban J connectivity index is 2.05. The van der Waals surface area contributed by atoms with Gasteiger partial charge in [-0.2, -0.15) is 0 Å². The summed E-state index contributed by atoms with van der Waals surface area (Å²) in [6.07, 6.45) is 0. The van der Waals surface area contributed by atoms with Crippen LogP contribution in [0.4, 0.5) is 5.69 Å². The van der Waals surface area contributed by atoms with Crippen LogP contribution in [0.2, 0.25) is 0 Å². The van der Waals surface area contributed by atoms with Gasteiger partial charge < -0.3 is 14.8 Å². The molecule has 2 aromatic carbocycles. The largest absolute Gasteiger partial charge is 0.507 e. The average Bonchev–Trinajstić information content (AvgIpc) is 2.48. The van der Waals surface area contributed by atoms with E-state index in [9.17, 15) is 9.90 Å². The Morgan fingerprint density at radius 2 is 1.71 bits per heavy atom. The van der Waals surface area contributed by atoms with Crippen molar-refractivity contribution in [2.45, 2.75) is 13.0 Å². The van der Waals surface area contributed by atoms with Gasteiger partial charge in [0, 0.05) is 5.69 Å². The number of nitrogens with one attached hydrogen (secondary N) is 1. The van der Waals surface area contributed by atoms with E-state index in [1.165, 1.54) is 0 Å². The predicted octanol–water partition coefficient (Wildman–Crippen LogP) is 3.67. The fourth-order valence-electron chi connectivity index (χ4n) is 2.39. The number of rotatable bonds is 3. The fraction of sp³-hybridized carbons (Fsp3) is 0.118. The quantitative estimate of drug-likeness (QED) is 0.719. The number of hydrogen-bond donors (Lipinski definition) is 2. The van der Waals surface area contributed by atoms with E-state index in [0.29, 0.717) is 11.0 Å². The molecular weight excluding hydrogens is 266 g/mol. The van der Waals surface area contributed by atoms with Crippen LogP contribution in [0.5, 0.6) is 5.75 Å². The van der Waals surface area contributed by atoms with Gasteiger partial charge in [-0.25, -0.2) is 4.79 Å². The normalized spacial score (nSPS) is 12.2. The van der Waals surface area contributed by atoms with E-state index < -0.39 is 5.63 Å². The zero-order valence-corrected chi connectivity index (χ0v) is 11.5. The van der Waals surface area contributed by atoms with Crippen LogP contribution in [0, 0.1) is 0 Å². The summed E-state index contributed by atoms with van der Waals surface area (Å²) < 4.78 is 5.28. The molecule has 0 aliphatic carbocycles. The van der Waals surface area contributed by atoms with Crippen LogP contribution in [-0.4, -0.2) is 5.11 Å². The second kappa shape index (κ2) is 5.32. The van der Waals surface area contributed by atoms with Gasteiger partial charge in [0.05, 0.1) is 11.4 Å². The summed E-state index contributed by atoms with van der Waals surface area (Å²) in [5, 5.41) is 14.1. The highest BCUT2D eigenvalue weighted by Crippen LogP contribution is 2.30. The standard InChI is InChI=1S/C17H15NO3/c1-11(18-12-7-3-2-4-8-12)15-16(19)13-9-5-6-10-14(13)21-17(15)20/h2-11,18-19H,1H3. The van der Waals surface area contributed by atoms with E-state index in [2.05, 4.69) is 5.32 Å². The molecule has 3 aromatic rings. The smallest absolute Gasteiger partial charge is 0.345 e. The Morgan fingerprint density at radius 3 is 2.48 bits per heavy atom. The van der Waals surface area contributed by atoms with Crippen molar-refractivity contribution in [3.8, 4) is 5.75 Å². The van der Waals surface area contributed by atoms with E-state index >= 15 is 0 Å². The monoisotopic (exact) mass is 281 g/mol. The van der Waals surface area contributed by atoms with E-state index in [0.717, 1.165) is 5.69 Å². The maximum Gasteiger partial charge on any atom is 0.345 e. The van der Waals surface area contributed by atoms with E-state index in [-0.39, 0.29) is 17.4 Å². The Kier molecular flexibility index (Phi) is 3.36. The lowest BCUT2D eigenvalue weighted by Gasteiger charge is -2.16. The van der Waals surface area contributed by atoms with Crippen molar-refractivity contribution in [2.24, 2.45) is 0 Å². The van der Waals surface area contributed by atoms with Crippen LogP contribution in [0.15, 0.2) is 63.8 Å². The molecule has 1 atom stereocenters. The summed E-state index contributed by atoms with van der Waals surface area (Å²) in [6, 6.07) is 16.1. The van der Waals surface area contributed by atoms with Crippen LogP contribution < -0.4 is 10.9 Å². The summed E-state index contributed by atoms with van der Waals surface area (Å²) in [7, 11) is 0. The minimum atomic E-state index is -0.526. The molecule has 0 fully saturated rings. The zero-order chi connectivity index (χ0) is 14.8. The first-order chi connectivity index (χ1) is 10.2. The van der Waals surface area contributed by atoms with Gasteiger partial charge >= 0.3 is 5.63 Å². The van der Waals surface area contributed by atoms with Crippen LogP contribution >= 0.6 is 0 Å². The average molecular weight is 281 g/mol. The summed E-state index contributed by atoms with van der Waals surface area (Å²) >= 11 is 0. The summed E-state index contributed by atoms with van der Waals surface area (Å²) in [4.78, 5) is 12.1. The molecule has 4 heteroatoms. The first-order valence-electron chi connectivity index (χ1n) is 6.73. The van der Waals surface area contributed by atoms with Crippen LogP contribution in [0.3, 0.4) is 0 Å². The van der Waals surface area contributed by atoms with E-state index in [4.69, 9.17) is 4.42 Å². The third-order valence-electron chi connectivity index (χ3n) is 3.41. The maximum atomic E-state index is 12.1. The highest BCUT2D eigenvalue weighted by Gasteiger charge is 2.19. The first kappa shape index (κ1) is 13.2. The van der Waals surface area contributed by atoms with Crippen molar-refractivity contribution in [2.75, 3.05) is 5.32 Å². The molecule has 0 aliphatic heterocycles. The van der Waals surface area contributed by atoms with Gasteiger partial charge in [-0.05, 0) is 31.2 Å². The number of fused-ring (bicyclic) bond motifs is 1.